The number of aliphatic carboxylic acids is 1. The minimum absolute atomic E-state index is 0.0162. The van der Waals surface area contributed by atoms with Gasteiger partial charge in [-0.3, -0.25) is 4.79 Å². The lowest BCUT2D eigenvalue weighted by atomic mass is 9.76. The molecule has 1 fully saturated rings. The Labute approximate surface area is 120 Å². The van der Waals surface area contributed by atoms with Crippen LogP contribution in [0.4, 0.5) is 4.79 Å². The summed E-state index contributed by atoms with van der Waals surface area (Å²) in [5.41, 5.74) is 0.537. The number of carbonyl (C=O) groups is 2. The fraction of sp³-hybridized carbons (Fsp3) is 0.733. The van der Waals surface area contributed by atoms with Crippen LogP contribution in [0.5, 0.6) is 0 Å². The molecule has 0 aromatic carbocycles. The van der Waals surface area contributed by atoms with Crippen molar-refractivity contribution in [3.8, 4) is 0 Å². The molecule has 1 N–H and O–H groups in total. The second-order valence-electron chi connectivity index (χ2n) is 6.32. The van der Waals surface area contributed by atoms with Gasteiger partial charge in [0.1, 0.15) is 0 Å². The van der Waals surface area contributed by atoms with E-state index in [4.69, 9.17) is 0 Å². The quantitative estimate of drug-likeness (QED) is 0.789. The average molecular weight is 280 g/mol. The molecular formula is C15H24N2O3. The van der Waals surface area contributed by atoms with E-state index in [0.29, 0.717) is 26.1 Å². The van der Waals surface area contributed by atoms with Crippen molar-refractivity contribution in [2.75, 3.05) is 26.2 Å². The molecule has 1 unspecified atom stereocenters. The minimum Gasteiger partial charge on any atom is -0.481 e. The van der Waals surface area contributed by atoms with Gasteiger partial charge < -0.3 is 14.9 Å². The van der Waals surface area contributed by atoms with E-state index in [1.807, 2.05) is 18.7 Å². The first-order valence-electron chi connectivity index (χ1n) is 7.29. The highest BCUT2D eigenvalue weighted by atomic mass is 16.4. The Morgan fingerprint density at radius 1 is 1.30 bits per heavy atom. The Balaban J connectivity index is 2.05. The zero-order valence-electron chi connectivity index (χ0n) is 12.6. The Morgan fingerprint density at radius 3 is 2.45 bits per heavy atom. The van der Waals surface area contributed by atoms with Crippen LogP contribution in [-0.2, 0) is 4.79 Å². The van der Waals surface area contributed by atoms with Crippen molar-refractivity contribution in [2.45, 2.75) is 33.6 Å². The molecule has 2 rings (SSSR count). The molecule has 5 nitrogen and oxygen atoms in total. The summed E-state index contributed by atoms with van der Waals surface area (Å²) < 4.78 is 0. The van der Waals surface area contributed by atoms with Gasteiger partial charge in [0, 0.05) is 26.2 Å². The first-order valence-corrected chi connectivity index (χ1v) is 7.29. The van der Waals surface area contributed by atoms with Crippen LogP contribution in [0.2, 0.25) is 0 Å². The van der Waals surface area contributed by atoms with Crippen molar-refractivity contribution in [1.29, 1.82) is 0 Å². The van der Waals surface area contributed by atoms with Gasteiger partial charge in [-0.15, -0.1) is 0 Å². The number of urea groups is 1. The molecule has 1 atom stereocenters. The van der Waals surface area contributed by atoms with Crippen molar-refractivity contribution in [3.63, 3.8) is 0 Å². The summed E-state index contributed by atoms with van der Waals surface area (Å²) in [5.74, 6) is -0.751. The van der Waals surface area contributed by atoms with E-state index in [2.05, 4.69) is 13.0 Å². The Bertz CT molecular complexity index is 444. The maximum absolute atomic E-state index is 12.5. The van der Waals surface area contributed by atoms with Crippen LogP contribution < -0.4 is 0 Å². The molecule has 1 saturated heterocycles. The lowest BCUT2D eigenvalue weighted by Crippen LogP contribution is -2.46. The van der Waals surface area contributed by atoms with E-state index in [1.54, 1.807) is 4.90 Å². The summed E-state index contributed by atoms with van der Waals surface area (Å²) in [4.78, 5) is 27.6. The molecule has 0 aliphatic carbocycles. The van der Waals surface area contributed by atoms with Crippen molar-refractivity contribution >= 4 is 12.0 Å². The van der Waals surface area contributed by atoms with Crippen molar-refractivity contribution in [2.24, 2.45) is 11.3 Å². The summed E-state index contributed by atoms with van der Waals surface area (Å²) in [5, 5.41) is 9.52. The second-order valence-corrected chi connectivity index (χ2v) is 6.32. The molecule has 2 aliphatic rings. The molecule has 0 bridgehead atoms. The fourth-order valence-electron chi connectivity index (χ4n) is 3.03. The van der Waals surface area contributed by atoms with Crippen LogP contribution in [0.25, 0.3) is 0 Å². The molecule has 0 spiro atoms. The Morgan fingerprint density at radius 2 is 2.00 bits per heavy atom. The topological polar surface area (TPSA) is 60.9 Å². The highest BCUT2D eigenvalue weighted by molar-refractivity contribution is 5.80. The number of rotatable bonds is 2. The number of likely N-dealkylation sites (tertiary alicyclic amines) is 1. The van der Waals surface area contributed by atoms with Crippen molar-refractivity contribution in [1.82, 2.24) is 9.80 Å². The summed E-state index contributed by atoms with van der Waals surface area (Å²) in [7, 11) is 0. The third kappa shape index (κ3) is 2.53. The molecule has 0 aromatic heterocycles. The normalized spacial score (nSPS) is 26.9. The molecule has 0 saturated carbocycles. The first-order chi connectivity index (χ1) is 9.36. The van der Waals surface area contributed by atoms with Gasteiger partial charge in [0.15, 0.2) is 0 Å². The monoisotopic (exact) mass is 280 g/mol. The van der Waals surface area contributed by atoms with Crippen LogP contribution in [-0.4, -0.2) is 53.1 Å². The lowest BCUT2D eigenvalue weighted by molar-refractivity contribution is -0.150. The van der Waals surface area contributed by atoms with Crippen LogP contribution in [0.3, 0.4) is 0 Å². The minimum atomic E-state index is -0.781. The zero-order chi connectivity index (χ0) is 14.9. The summed E-state index contributed by atoms with van der Waals surface area (Å²) >= 11 is 0. The number of carbonyl (C=O) groups excluding carboxylic acids is 1. The van der Waals surface area contributed by atoms with Crippen LogP contribution in [0.15, 0.2) is 11.6 Å². The van der Waals surface area contributed by atoms with E-state index >= 15 is 0 Å². The largest absolute Gasteiger partial charge is 0.481 e. The van der Waals surface area contributed by atoms with E-state index in [-0.39, 0.29) is 11.9 Å². The molecule has 20 heavy (non-hydrogen) atoms. The van der Waals surface area contributed by atoms with E-state index in [1.165, 1.54) is 5.57 Å². The predicted molar refractivity (Wildman–Crippen MR) is 76.4 cm³/mol. The molecular weight excluding hydrogens is 256 g/mol. The first kappa shape index (κ1) is 14.9. The van der Waals surface area contributed by atoms with Gasteiger partial charge in [-0.1, -0.05) is 25.5 Å². The van der Waals surface area contributed by atoms with Gasteiger partial charge in [-0.25, -0.2) is 4.79 Å². The van der Waals surface area contributed by atoms with Crippen molar-refractivity contribution < 1.29 is 14.7 Å². The average Bonchev–Trinajstić information content (AvgIpc) is 2.85. The molecule has 5 heteroatoms. The number of hydrogen-bond acceptors (Lipinski definition) is 2. The van der Waals surface area contributed by atoms with Crippen LogP contribution >= 0.6 is 0 Å². The molecule has 2 aliphatic heterocycles. The SMILES string of the molecule is CC1=CCN(C(=O)N2CCC(C(=O)O)(C(C)C)C2)CC1. The van der Waals surface area contributed by atoms with Gasteiger partial charge in [-0.2, -0.15) is 0 Å². The smallest absolute Gasteiger partial charge is 0.320 e. The third-order valence-corrected chi connectivity index (χ3v) is 4.81. The maximum Gasteiger partial charge on any atom is 0.320 e. The molecule has 112 valence electrons. The molecule has 2 heterocycles. The summed E-state index contributed by atoms with van der Waals surface area (Å²) in [6, 6.07) is -0.0162. The Kier molecular flexibility index (Phi) is 4.06. The highest BCUT2D eigenvalue weighted by Crippen LogP contribution is 2.38. The Hall–Kier alpha value is -1.52. The van der Waals surface area contributed by atoms with Gasteiger partial charge in [-0.05, 0) is 25.7 Å². The van der Waals surface area contributed by atoms with Gasteiger partial charge in [0.05, 0.1) is 5.41 Å². The van der Waals surface area contributed by atoms with Crippen LogP contribution in [0.1, 0.15) is 33.6 Å². The van der Waals surface area contributed by atoms with Crippen molar-refractivity contribution in [3.05, 3.63) is 11.6 Å². The number of nitrogens with zero attached hydrogens (tertiary/aromatic N) is 2. The van der Waals surface area contributed by atoms with E-state index < -0.39 is 11.4 Å². The number of hydrogen-bond donors (Lipinski definition) is 1. The van der Waals surface area contributed by atoms with Gasteiger partial charge in [0.2, 0.25) is 0 Å². The summed E-state index contributed by atoms with van der Waals surface area (Å²) in [6.45, 7) is 8.18. The maximum atomic E-state index is 12.5. The fourth-order valence-corrected chi connectivity index (χ4v) is 3.03. The number of amides is 2. The third-order valence-electron chi connectivity index (χ3n) is 4.81. The highest BCUT2D eigenvalue weighted by Gasteiger charge is 2.49. The lowest BCUT2D eigenvalue weighted by Gasteiger charge is -2.32. The van der Waals surface area contributed by atoms with Crippen LogP contribution in [0, 0.1) is 11.3 Å². The second kappa shape index (κ2) is 5.46. The summed E-state index contributed by atoms with van der Waals surface area (Å²) in [6.07, 6.45) is 3.53. The van der Waals surface area contributed by atoms with Gasteiger partial charge in [0.25, 0.3) is 0 Å². The number of carboxylic acid groups (broad SMARTS) is 1. The zero-order valence-corrected chi connectivity index (χ0v) is 12.6. The van der Waals surface area contributed by atoms with E-state index in [9.17, 15) is 14.7 Å². The molecule has 0 radical (unpaired) electrons. The molecule has 2 amide bonds. The molecule has 0 aromatic rings. The van der Waals surface area contributed by atoms with Gasteiger partial charge >= 0.3 is 12.0 Å². The number of carboxylic acids is 1. The van der Waals surface area contributed by atoms with E-state index in [0.717, 1.165) is 13.0 Å². The predicted octanol–water partition coefficient (Wildman–Crippen LogP) is 2.19. The standard InChI is InChI=1S/C15H24N2O3/c1-11(2)15(13(18)19)6-9-17(10-15)14(20)16-7-4-12(3)5-8-16/h4,11H,5-10H2,1-3H3,(H,18,19).